The van der Waals surface area contributed by atoms with Gasteiger partial charge < -0.3 is 5.73 Å². The van der Waals surface area contributed by atoms with E-state index >= 15 is 0 Å². The number of hydrogen-bond donors (Lipinski definition) is 1. The maximum atomic E-state index is 13.2. The van der Waals surface area contributed by atoms with Crippen molar-refractivity contribution >= 4 is 0 Å². The van der Waals surface area contributed by atoms with Crippen LogP contribution in [0.15, 0.2) is 30.3 Å². The van der Waals surface area contributed by atoms with Crippen molar-refractivity contribution in [2.45, 2.75) is 13.5 Å². The molecule has 94 valence electrons. The SMILES string of the molecule is Cc1cc(CN)ccc1-c1cc(F)c(F)c(F)c1. The second kappa shape index (κ2) is 4.82. The van der Waals surface area contributed by atoms with Crippen molar-refractivity contribution in [1.82, 2.24) is 0 Å². The molecule has 18 heavy (non-hydrogen) atoms. The molecule has 2 aromatic carbocycles. The van der Waals surface area contributed by atoms with Gasteiger partial charge >= 0.3 is 0 Å². The molecule has 0 fully saturated rings. The van der Waals surface area contributed by atoms with Crippen LogP contribution in [-0.4, -0.2) is 0 Å². The Morgan fingerprint density at radius 2 is 1.61 bits per heavy atom. The van der Waals surface area contributed by atoms with Crippen molar-refractivity contribution < 1.29 is 13.2 Å². The normalized spacial score (nSPS) is 10.7. The number of halogens is 3. The molecule has 0 aromatic heterocycles. The molecule has 2 aromatic rings. The van der Waals surface area contributed by atoms with Crippen LogP contribution in [0.2, 0.25) is 0 Å². The second-order valence-electron chi connectivity index (χ2n) is 4.11. The zero-order chi connectivity index (χ0) is 13.3. The molecule has 0 amide bonds. The van der Waals surface area contributed by atoms with Crippen molar-refractivity contribution in [3.05, 3.63) is 58.9 Å². The summed E-state index contributed by atoms with van der Waals surface area (Å²) in [5.41, 5.74) is 8.24. The third-order valence-electron chi connectivity index (χ3n) is 2.82. The van der Waals surface area contributed by atoms with Crippen LogP contribution < -0.4 is 5.73 Å². The molecule has 0 atom stereocenters. The topological polar surface area (TPSA) is 26.0 Å². The van der Waals surface area contributed by atoms with Gasteiger partial charge in [0.05, 0.1) is 0 Å². The van der Waals surface area contributed by atoms with E-state index in [1.807, 2.05) is 13.0 Å². The second-order valence-corrected chi connectivity index (χ2v) is 4.11. The standard InChI is InChI=1S/C14H12F3N/c1-8-4-9(7-18)2-3-11(8)10-5-12(15)14(17)13(16)6-10/h2-6H,7,18H2,1H3. The van der Waals surface area contributed by atoms with Crippen molar-refractivity contribution in [3.8, 4) is 11.1 Å². The molecule has 0 heterocycles. The minimum atomic E-state index is -1.45. The lowest BCUT2D eigenvalue weighted by atomic mass is 9.98. The van der Waals surface area contributed by atoms with E-state index in [2.05, 4.69) is 0 Å². The van der Waals surface area contributed by atoms with Gasteiger partial charge in [0.2, 0.25) is 0 Å². The Kier molecular flexibility index (Phi) is 3.39. The Bertz CT molecular complexity index is 571. The molecule has 0 radical (unpaired) electrons. The van der Waals surface area contributed by atoms with Crippen LogP contribution >= 0.6 is 0 Å². The summed E-state index contributed by atoms with van der Waals surface area (Å²) in [4.78, 5) is 0. The molecule has 0 aliphatic rings. The smallest absolute Gasteiger partial charge is 0.194 e. The maximum absolute atomic E-state index is 13.2. The predicted octanol–water partition coefficient (Wildman–Crippen LogP) is 3.54. The van der Waals surface area contributed by atoms with Crippen LogP contribution in [-0.2, 0) is 6.54 Å². The highest BCUT2D eigenvalue weighted by atomic mass is 19.2. The fourth-order valence-corrected chi connectivity index (χ4v) is 1.89. The Morgan fingerprint density at radius 3 is 2.11 bits per heavy atom. The van der Waals surface area contributed by atoms with E-state index in [4.69, 9.17) is 5.73 Å². The number of nitrogens with two attached hydrogens (primary N) is 1. The zero-order valence-electron chi connectivity index (χ0n) is 9.81. The molecule has 0 bridgehead atoms. The average molecular weight is 251 g/mol. The van der Waals surface area contributed by atoms with Gasteiger partial charge in [0.15, 0.2) is 17.5 Å². The molecule has 0 saturated carbocycles. The van der Waals surface area contributed by atoms with E-state index in [0.717, 1.165) is 23.3 Å². The molecule has 0 unspecified atom stereocenters. The average Bonchev–Trinajstić information content (AvgIpc) is 2.35. The van der Waals surface area contributed by atoms with E-state index in [1.54, 1.807) is 12.1 Å². The lowest BCUT2D eigenvalue weighted by molar-refractivity contribution is 0.447. The fourth-order valence-electron chi connectivity index (χ4n) is 1.89. The first-order valence-corrected chi connectivity index (χ1v) is 5.47. The highest BCUT2D eigenvalue weighted by molar-refractivity contribution is 5.67. The molecule has 0 aliphatic carbocycles. The first-order chi connectivity index (χ1) is 8.52. The van der Waals surface area contributed by atoms with E-state index in [0.29, 0.717) is 17.7 Å². The van der Waals surface area contributed by atoms with Gasteiger partial charge in [0.25, 0.3) is 0 Å². The monoisotopic (exact) mass is 251 g/mol. The highest BCUT2D eigenvalue weighted by Gasteiger charge is 2.12. The molecular weight excluding hydrogens is 239 g/mol. The van der Waals surface area contributed by atoms with Crippen LogP contribution in [0.4, 0.5) is 13.2 Å². The quantitative estimate of drug-likeness (QED) is 0.812. The zero-order valence-corrected chi connectivity index (χ0v) is 9.81. The van der Waals surface area contributed by atoms with Gasteiger partial charge in [0, 0.05) is 6.54 Å². The van der Waals surface area contributed by atoms with Crippen molar-refractivity contribution in [3.63, 3.8) is 0 Å². The minimum absolute atomic E-state index is 0.312. The van der Waals surface area contributed by atoms with Gasteiger partial charge in [-0.15, -0.1) is 0 Å². The van der Waals surface area contributed by atoms with Gasteiger partial charge in [-0.3, -0.25) is 0 Å². The number of rotatable bonds is 2. The summed E-state index contributed by atoms with van der Waals surface area (Å²) in [7, 11) is 0. The van der Waals surface area contributed by atoms with Crippen LogP contribution in [0.1, 0.15) is 11.1 Å². The predicted molar refractivity (Wildman–Crippen MR) is 64.4 cm³/mol. The van der Waals surface area contributed by atoms with E-state index < -0.39 is 17.5 Å². The molecule has 0 spiro atoms. The molecule has 4 heteroatoms. The highest BCUT2D eigenvalue weighted by Crippen LogP contribution is 2.27. The number of aryl methyl sites for hydroxylation is 1. The van der Waals surface area contributed by atoms with Gasteiger partial charge in [0.1, 0.15) is 0 Å². The van der Waals surface area contributed by atoms with Crippen molar-refractivity contribution in [2.24, 2.45) is 5.73 Å². The fraction of sp³-hybridized carbons (Fsp3) is 0.143. The van der Waals surface area contributed by atoms with Crippen molar-refractivity contribution in [2.75, 3.05) is 0 Å². The molecule has 2 N–H and O–H groups in total. The van der Waals surface area contributed by atoms with Gasteiger partial charge in [-0.2, -0.15) is 0 Å². The first-order valence-electron chi connectivity index (χ1n) is 5.47. The molecular formula is C14H12F3N. The largest absolute Gasteiger partial charge is 0.326 e. The summed E-state index contributed by atoms with van der Waals surface area (Å²) in [5.74, 6) is -3.82. The van der Waals surface area contributed by atoms with Crippen molar-refractivity contribution in [1.29, 1.82) is 0 Å². The maximum Gasteiger partial charge on any atom is 0.194 e. The Balaban J connectivity index is 2.55. The summed E-state index contributed by atoms with van der Waals surface area (Å²) >= 11 is 0. The van der Waals surface area contributed by atoms with Gasteiger partial charge in [-0.1, -0.05) is 18.2 Å². The summed E-state index contributed by atoms with van der Waals surface area (Å²) in [5, 5.41) is 0. The van der Waals surface area contributed by atoms with Gasteiger partial charge in [-0.25, -0.2) is 13.2 Å². The van der Waals surface area contributed by atoms with Crippen LogP contribution in [0.5, 0.6) is 0 Å². The lowest BCUT2D eigenvalue weighted by Gasteiger charge is -2.09. The Morgan fingerprint density at radius 1 is 1.00 bits per heavy atom. The number of benzene rings is 2. The third-order valence-corrected chi connectivity index (χ3v) is 2.82. The van der Waals surface area contributed by atoms with Crippen LogP contribution in [0.25, 0.3) is 11.1 Å². The summed E-state index contributed by atoms with van der Waals surface area (Å²) < 4.78 is 39.2. The number of hydrogen-bond acceptors (Lipinski definition) is 1. The Labute approximate surface area is 103 Å². The first kappa shape index (κ1) is 12.6. The molecule has 0 saturated heterocycles. The van der Waals surface area contributed by atoms with Crippen LogP contribution in [0, 0.1) is 24.4 Å². The summed E-state index contributed by atoms with van der Waals surface area (Å²) in [6.07, 6.45) is 0. The molecule has 0 aliphatic heterocycles. The molecule has 2 rings (SSSR count). The lowest BCUT2D eigenvalue weighted by Crippen LogP contribution is -1.98. The third kappa shape index (κ3) is 2.24. The Hall–Kier alpha value is -1.81. The summed E-state index contributed by atoms with van der Waals surface area (Å²) in [6, 6.07) is 7.32. The van der Waals surface area contributed by atoms with Gasteiger partial charge in [-0.05, 0) is 41.3 Å². The van der Waals surface area contributed by atoms with Crippen LogP contribution in [0.3, 0.4) is 0 Å². The van der Waals surface area contributed by atoms with E-state index in [1.165, 1.54) is 0 Å². The summed E-state index contributed by atoms with van der Waals surface area (Å²) in [6.45, 7) is 2.21. The minimum Gasteiger partial charge on any atom is -0.326 e. The van der Waals surface area contributed by atoms with E-state index in [9.17, 15) is 13.2 Å². The molecule has 1 nitrogen and oxygen atoms in total. The van der Waals surface area contributed by atoms with E-state index in [-0.39, 0.29) is 0 Å².